The van der Waals surface area contributed by atoms with E-state index < -0.39 is 30.8 Å². The summed E-state index contributed by atoms with van der Waals surface area (Å²) < 4.78 is 39.6. The first kappa shape index (κ1) is 15.4. The van der Waals surface area contributed by atoms with Gasteiger partial charge in [0.2, 0.25) is 0 Å². The first-order chi connectivity index (χ1) is 9.11. The lowest BCUT2D eigenvalue weighted by Crippen LogP contribution is -2.41. The van der Waals surface area contributed by atoms with Crippen molar-refractivity contribution in [3.8, 4) is 0 Å². The van der Waals surface area contributed by atoms with Crippen molar-refractivity contribution in [2.75, 3.05) is 6.54 Å². The van der Waals surface area contributed by atoms with Crippen molar-refractivity contribution in [2.45, 2.75) is 44.8 Å². The molecular formula is C14H20BF2NO2. The van der Waals surface area contributed by atoms with Gasteiger partial charge in [-0.3, -0.25) is 0 Å². The molecule has 20 heavy (non-hydrogen) atoms. The van der Waals surface area contributed by atoms with Gasteiger partial charge in [0.15, 0.2) is 0 Å². The predicted octanol–water partition coefficient (Wildman–Crippen LogP) is 2.04. The normalized spacial score (nSPS) is 21.2. The first-order valence-electron chi connectivity index (χ1n) is 6.64. The molecule has 0 bridgehead atoms. The van der Waals surface area contributed by atoms with E-state index in [1.807, 2.05) is 27.7 Å². The van der Waals surface area contributed by atoms with Gasteiger partial charge < -0.3 is 15.0 Å². The van der Waals surface area contributed by atoms with Gasteiger partial charge in [-0.1, -0.05) is 24.3 Å². The molecule has 1 aromatic rings. The van der Waals surface area contributed by atoms with E-state index >= 15 is 0 Å². The Morgan fingerprint density at radius 2 is 1.60 bits per heavy atom. The van der Waals surface area contributed by atoms with Gasteiger partial charge in [-0.25, -0.2) is 0 Å². The fourth-order valence-corrected chi connectivity index (χ4v) is 2.12. The second kappa shape index (κ2) is 4.79. The zero-order chi connectivity index (χ0) is 15.2. The summed E-state index contributed by atoms with van der Waals surface area (Å²) in [6, 6.07) is 6.22. The molecule has 0 spiro atoms. The molecule has 0 atom stereocenters. The lowest BCUT2D eigenvalue weighted by molar-refractivity contribution is 0.00578. The van der Waals surface area contributed by atoms with E-state index in [0.29, 0.717) is 5.46 Å². The molecule has 0 radical (unpaired) electrons. The van der Waals surface area contributed by atoms with Gasteiger partial charge in [0.05, 0.1) is 17.7 Å². The second-order valence-electron chi connectivity index (χ2n) is 6.08. The van der Waals surface area contributed by atoms with E-state index in [-0.39, 0.29) is 5.56 Å². The van der Waals surface area contributed by atoms with Crippen LogP contribution in [0.2, 0.25) is 0 Å². The van der Waals surface area contributed by atoms with Gasteiger partial charge in [0.25, 0.3) is 5.92 Å². The van der Waals surface area contributed by atoms with Crippen molar-refractivity contribution < 1.29 is 18.1 Å². The molecule has 0 saturated carbocycles. The van der Waals surface area contributed by atoms with Crippen molar-refractivity contribution in [1.82, 2.24) is 0 Å². The summed E-state index contributed by atoms with van der Waals surface area (Å²) in [5, 5.41) is 0. The molecule has 3 nitrogen and oxygen atoms in total. The molecule has 2 rings (SSSR count). The number of rotatable bonds is 3. The number of benzene rings is 1. The fraction of sp³-hybridized carbons (Fsp3) is 0.571. The summed E-state index contributed by atoms with van der Waals surface area (Å²) in [7, 11) is -0.811. The van der Waals surface area contributed by atoms with Crippen LogP contribution in [0, 0.1) is 0 Å². The SMILES string of the molecule is CC1(C)OB(c2ccccc2C(F)(F)CN)OC1(C)C. The van der Waals surface area contributed by atoms with Crippen LogP contribution in [0.4, 0.5) is 8.78 Å². The average Bonchev–Trinajstić information content (AvgIpc) is 2.58. The standard InChI is InChI=1S/C14H20BF2NO2/c1-12(2)13(3,4)20-15(19-12)11-8-6-5-7-10(11)14(16,17)9-18/h5-8H,9,18H2,1-4H3. The molecule has 1 aliphatic rings. The maximum atomic E-state index is 13.9. The van der Waals surface area contributed by atoms with Crippen LogP contribution in [0.15, 0.2) is 24.3 Å². The highest BCUT2D eigenvalue weighted by atomic mass is 19.3. The third-order valence-electron chi connectivity index (χ3n) is 4.12. The first-order valence-corrected chi connectivity index (χ1v) is 6.64. The number of alkyl halides is 2. The molecule has 0 aromatic heterocycles. The summed E-state index contributed by atoms with van der Waals surface area (Å²) in [6.45, 7) is 6.80. The van der Waals surface area contributed by atoms with Crippen LogP contribution >= 0.6 is 0 Å². The molecule has 110 valence electrons. The topological polar surface area (TPSA) is 44.5 Å². The maximum Gasteiger partial charge on any atom is 0.495 e. The van der Waals surface area contributed by atoms with E-state index in [0.717, 1.165) is 0 Å². The lowest BCUT2D eigenvalue weighted by Gasteiger charge is -2.32. The van der Waals surface area contributed by atoms with Crippen molar-refractivity contribution in [1.29, 1.82) is 0 Å². The second-order valence-corrected chi connectivity index (χ2v) is 6.08. The lowest BCUT2D eigenvalue weighted by atomic mass is 9.74. The Labute approximate surface area is 118 Å². The zero-order valence-electron chi connectivity index (χ0n) is 12.2. The molecule has 0 aliphatic carbocycles. The third-order valence-corrected chi connectivity index (χ3v) is 4.12. The van der Waals surface area contributed by atoms with Crippen LogP contribution in [0.1, 0.15) is 33.3 Å². The molecule has 2 N–H and O–H groups in total. The zero-order valence-corrected chi connectivity index (χ0v) is 12.2. The van der Waals surface area contributed by atoms with Crippen LogP contribution in [0.3, 0.4) is 0 Å². The predicted molar refractivity (Wildman–Crippen MR) is 75.1 cm³/mol. The van der Waals surface area contributed by atoms with Crippen LogP contribution in [0.25, 0.3) is 0 Å². The summed E-state index contributed by atoms with van der Waals surface area (Å²) in [4.78, 5) is 0. The largest absolute Gasteiger partial charge is 0.495 e. The molecule has 1 heterocycles. The van der Waals surface area contributed by atoms with Crippen LogP contribution in [-0.2, 0) is 15.2 Å². The highest BCUT2D eigenvalue weighted by molar-refractivity contribution is 6.62. The minimum Gasteiger partial charge on any atom is -0.399 e. The Morgan fingerprint density at radius 1 is 1.10 bits per heavy atom. The van der Waals surface area contributed by atoms with E-state index in [2.05, 4.69) is 0 Å². The smallest absolute Gasteiger partial charge is 0.399 e. The van der Waals surface area contributed by atoms with Crippen LogP contribution in [0.5, 0.6) is 0 Å². The summed E-state index contributed by atoms with van der Waals surface area (Å²) in [5.74, 6) is -3.10. The third kappa shape index (κ3) is 2.48. The van der Waals surface area contributed by atoms with Gasteiger partial charge >= 0.3 is 7.12 Å². The Morgan fingerprint density at radius 3 is 2.10 bits per heavy atom. The van der Waals surface area contributed by atoms with Crippen molar-refractivity contribution in [3.63, 3.8) is 0 Å². The Bertz CT molecular complexity index is 490. The quantitative estimate of drug-likeness (QED) is 0.863. The van der Waals surface area contributed by atoms with Gasteiger partial charge in [0.1, 0.15) is 0 Å². The molecule has 0 unspecified atom stereocenters. The van der Waals surface area contributed by atoms with Gasteiger partial charge in [0, 0.05) is 5.56 Å². The molecule has 1 aliphatic heterocycles. The van der Waals surface area contributed by atoms with Gasteiger partial charge in [-0.05, 0) is 33.2 Å². The number of halogens is 2. The monoisotopic (exact) mass is 283 g/mol. The van der Waals surface area contributed by atoms with Crippen molar-refractivity contribution in [2.24, 2.45) is 5.73 Å². The molecule has 1 fully saturated rings. The van der Waals surface area contributed by atoms with Crippen LogP contribution in [-0.4, -0.2) is 24.9 Å². The highest BCUT2D eigenvalue weighted by Gasteiger charge is 2.53. The Hall–Kier alpha value is -0.975. The van der Waals surface area contributed by atoms with E-state index in [1.54, 1.807) is 18.2 Å². The summed E-state index contributed by atoms with van der Waals surface area (Å²) in [5.41, 5.74) is 4.24. The maximum absolute atomic E-state index is 13.9. The average molecular weight is 283 g/mol. The minimum atomic E-state index is -3.10. The fourth-order valence-electron chi connectivity index (χ4n) is 2.12. The molecule has 0 amide bonds. The molecule has 1 saturated heterocycles. The number of hydrogen-bond donors (Lipinski definition) is 1. The number of hydrogen-bond acceptors (Lipinski definition) is 3. The summed E-state index contributed by atoms with van der Waals surface area (Å²) in [6.07, 6.45) is 0. The van der Waals surface area contributed by atoms with Crippen LogP contribution < -0.4 is 11.2 Å². The minimum absolute atomic E-state index is 0.138. The molecule has 6 heteroatoms. The van der Waals surface area contributed by atoms with E-state index in [9.17, 15) is 8.78 Å². The van der Waals surface area contributed by atoms with E-state index in [1.165, 1.54) is 6.07 Å². The Kier molecular flexibility index (Phi) is 3.69. The molecule has 1 aromatic carbocycles. The molecular weight excluding hydrogens is 263 g/mol. The van der Waals surface area contributed by atoms with E-state index in [4.69, 9.17) is 15.0 Å². The van der Waals surface area contributed by atoms with Crippen molar-refractivity contribution >= 4 is 12.6 Å². The van der Waals surface area contributed by atoms with Gasteiger partial charge in [-0.2, -0.15) is 8.78 Å². The highest BCUT2D eigenvalue weighted by Crippen LogP contribution is 2.37. The number of nitrogens with two attached hydrogens (primary N) is 1. The summed E-state index contributed by atoms with van der Waals surface area (Å²) >= 11 is 0. The van der Waals surface area contributed by atoms with Crippen molar-refractivity contribution in [3.05, 3.63) is 29.8 Å². The Balaban J connectivity index is 2.41. The van der Waals surface area contributed by atoms with Gasteiger partial charge in [-0.15, -0.1) is 0 Å².